The van der Waals surface area contributed by atoms with Gasteiger partial charge in [0, 0.05) is 11.3 Å². The number of benzene rings is 2. The minimum atomic E-state index is -4.74. The summed E-state index contributed by atoms with van der Waals surface area (Å²) in [7, 11) is 0. The smallest absolute Gasteiger partial charge is 0.406 e. The molecule has 4 N–H and O–H groups in total. The lowest BCUT2D eigenvalue weighted by molar-refractivity contribution is -0.274. The van der Waals surface area contributed by atoms with Crippen molar-refractivity contribution in [2.45, 2.75) is 13.3 Å². The van der Waals surface area contributed by atoms with Gasteiger partial charge in [-0.25, -0.2) is 0 Å². The van der Waals surface area contributed by atoms with E-state index in [9.17, 15) is 18.0 Å². The van der Waals surface area contributed by atoms with Crippen LogP contribution in [0.1, 0.15) is 15.9 Å². The van der Waals surface area contributed by atoms with Crippen LogP contribution in [0.5, 0.6) is 5.75 Å². The number of hydrogen-bond acceptors (Lipinski definition) is 3. The highest BCUT2D eigenvalue weighted by Gasteiger charge is 2.30. The van der Waals surface area contributed by atoms with E-state index in [0.29, 0.717) is 22.4 Å². The van der Waals surface area contributed by atoms with Gasteiger partial charge < -0.3 is 16.2 Å². The van der Waals surface area contributed by atoms with Crippen molar-refractivity contribution in [1.82, 2.24) is 0 Å². The maximum Gasteiger partial charge on any atom is 0.573 e. The molecular weight excluding hydrogens is 297 g/mol. The van der Waals surface area contributed by atoms with E-state index in [2.05, 4.69) is 4.74 Å². The van der Waals surface area contributed by atoms with E-state index in [1.165, 1.54) is 24.3 Å². The van der Waals surface area contributed by atoms with E-state index < -0.39 is 12.3 Å². The number of hydrogen-bond donors (Lipinski definition) is 2. The average Bonchev–Trinajstić information content (AvgIpc) is 2.40. The summed E-state index contributed by atoms with van der Waals surface area (Å²) >= 11 is 0. The molecule has 4 nitrogen and oxygen atoms in total. The summed E-state index contributed by atoms with van der Waals surface area (Å²) in [4.78, 5) is 11.4. The van der Waals surface area contributed by atoms with Crippen molar-refractivity contribution in [3.63, 3.8) is 0 Å². The van der Waals surface area contributed by atoms with Gasteiger partial charge in [-0.1, -0.05) is 12.1 Å². The van der Waals surface area contributed by atoms with Crippen LogP contribution in [0.4, 0.5) is 18.9 Å². The second kappa shape index (κ2) is 5.59. The van der Waals surface area contributed by atoms with Gasteiger partial charge in [-0.05, 0) is 47.9 Å². The number of nitrogen functional groups attached to an aromatic ring is 1. The maximum absolute atomic E-state index is 12.1. The Balaban J connectivity index is 2.38. The van der Waals surface area contributed by atoms with Crippen molar-refractivity contribution in [2.24, 2.45) is 5.73 Å². The van der Waals surface area contributed by atoms with Gasteiger partial charge in [-0.2, -0.15) is 0 Å². The van der Waals surface area contributed by atoms with Crippen LogP contribution in [0, 0.1) is 6.92 Å². The van der Waals surface area contributed by atoms with E-state index in [1.54, 1.807) is 19.1 Å². The van der Waals surface area contributed by atoms with E-state index >= 15 is 0 Å². The Morgan fingerprint density at radius 2 is 1.68 bits per heavy atom. The standard InChI is InChI=1S/C15H13F3N2O2/c1-8-12(14(20)21)6-10(7-13(8)19)9-2-4-11(5-3-9)22-15(16,17)18/h2-7H,19H2,1H3,(H2,20,21). The maximum atomic E-state index is 12.1. The molecule has 7 heteroatoms. The molecule has 0 fully saturated rings. The van der Waals surface area contributed by atoms with Crippen LogP contribution in [0.15, 0.2) is 36.4 Å². The Morgan fingerprint density at radius 3 is 2.18 bits per heavy atom. The molecule has 2 aromatic carbocycles. The Hall–Kier alpha value is -2.70. The van der Waals surface area contributed by atoms with E-state index in [4.69, 9.17) is 11.5 Å². The lowest BCUT2D eigenvalue weighted by atomic mass is 9.98. The molecule has 0 saturated carbocycles. The molecule has 116 valence electrons. The average molecular weight is 310 g/mol. The summed E-state index contributed by atoms with van der Waals surface area (Å²) in [6, 6.07) is 8.42. The highest BCUT2D eigenvalue weighted by molar-refractivity contribution is 5.97. The fourth-order valence-corrected chi connectivity index (χ4v) is 2.01. The molecule has 22 heavy (non-hydrogen) atoms. The zero-order valence-electron chi connectivity index (χ0n) is 11.6. The van der Waals surface area contributed by atoms with Crippen molar-refractivity contribution in [2.75, 3.05) is 5.73 Å². The third-order valence-corrected chi connectivity index (χ3v) is 3.13. The molecule has 0 spiro atoms. The third-order valence-electron chi connectivity index (χ3n) is 3.13. The lowest BCUT2D eigenvalue weighted by Gasteiger charge is -2.11. The molecule has 0 aromatic heterocycles. The molecule has 2 aromatic rings. The van der Waals surface area contributed by atoms with Gasteiger partial charge in [-0.3, -0.25) is 4.79 Å². The van der Waals surface area contributed by atoms with Gasteiger partial charge in [-0.15, -0.1) is 13.2 Å². The number of amides is 1. The first kappa shape index (κ1) is 15.7. The molecule has 0 aliphatic rings. The molecule has 0 bridgehead atoms. The van der Waals surface area contributed by atoms with Crippen molar-refractivity contribution in [3.05, 3.63) is 47.5 Å². The number of alkyl halides is 3. The Bertz CT molecular complexity index is 710. The molecule has 0 radical (unpaired) electrons. The van der Waals surface area contributed by atoms with Crippen molar-refractivity contribution in [3.8, 4) is 16.9 Å². The zero-order valence-corrected chi connectivity index (χ0v) is 11.6. The van der Waals surface area contributed by atoms with Crippen LogP contribution in [-0.4, -0.2) is 12.3 Å². The van der Waals surface area contributed by atoms with E-state index in [-0.39, 0.29) is 11.3 Å². The van der Waals surface area contributed by atoms with Crippen molar-refractivity contribution >= 4 is 11.6 Å². The summed E-state index contributed by atoms with van der Waals surface area (Å²) in [6.07, 6.45) is -4.74. The predicted molar refractivity (Wildman–Crippen MR) is 76.2 cm³/mol. The van der Waals surface area contributed by atoms with Gasteiger partial charge in [0.2, 0.25) is 5.91 Å². The zero-order chi connectivity index (χ0) is 16.5. The summed E-state index contributed by atoms with van der Waals surface area (Å²) in [5, 5.41) is 0. The molecule has 2 rings (SSSR count). The molecule has 0 atom stereocenters. The second-order valence-corrected chi connectivity index (χ2v) is 4.67. The number of ether oxygens (including phenoxy) is 1. The molecule has 0 aliphatic carbocycles. The molecule has 0 heterocycles. The highest BCUT2D eigenvalue weighted by Crippen LogP contribution is 2.29. The number of carbonyl (C=O) groups is 1. The van der Waals surface area contributed by atoms with Crippen molar-refractivity contribution < 1.29 is 22.7 Å². The summed E-state index contributed by atoms with van der Waals surface area (Å²) in [6.45, 7) is 1.67. The largest absolute Gasteiger partial charge is 0.573 e. The molecule has 0 aliphatic heterocycles. The Labute approximate surface area is 124 Å². The van der Waals surface area contributed by atoms with Crippen LogP contribution in [-0.2, 0) is 0 Å². The third kappa shape index (κ3) is 3.49. The Morgan fingerprint density at radius 1 is 1.09 bits per heavy atom. The summed E-state index contributed by atoms with van der Waals surface area (Å²) in [5.41, 5.74) is 13.5. The van der Waals surface area contributed by atoms with E-state index in [0.717, 1.165) is 0 Å². The molecule has 0 unspecified atom stereocenters. The number of rotatable bonds is 3. The monoisotopic (exact) mass is 310 g/mol. The van der Waals surface area contributed by atoms with E-state index in [1.807, 2.05) is 0 Å². The first-order chi connectivity index (χ1) is 10.2. The fraction of sp³-hybridized carbons (Fsp3) is 0.133. The van der Waals surface area contributed by atoms with Gasteiger partial charge in [0.25, 0.3) is 0 Å². The quantitative estimate of drug-likeness (QED) is 0.854. The van der Waals surface area contributed by atoms with Crippen LogP contribution >= 0.6 is 0 Å². The normalized spacial score (nSPS) is 11.3. The number of carbonyl (C=O) groups excluding carboxylic acids is 1. The predicted octanol–water partition coefficient (Wildman–Crippen LogP) is 3.24. The molecular formula is C15H13F3N2O2. The van der Waals surface area contributed by atoms with Gasteiger partial charge in [0.05, 0.1) is 0 Å². The fourth-order valence-electron chi connectivity index (χ4n) is 2.01. The number of primary amides is 1. The lowest BCUT2D eigenvalue weighted by Crippen LogP contribution is -2.17. The number of nitrogens with two attached hydrogens (primary N) is 2. The van der Waals surface area contributed by atoms with Crippen molar-refractivity contribution in [1.29, 1.82) is 0 Å². The minimum Gasteiger partial charge on any atom is -0.406 e. The second-order valence-electron chi connectivity index (χ2n) is 4.67. The van der Waals surface area contributed by atoms with Gasteiger partial charge in [0.15, 0.2) is 0 Å². The Kier molecular flexibility index (Phi) is 3.99. The first-order valence-electron chi connectivity index (χ1n) is 6.23. The van der Waals surface area contributed by atoms with Gasteiger partial charge >= 0.3 is 6.36 Å². The number of halogens is 3. The molecule has 1 amide bonds. The van der Waals surface area contributed by atoms with Crippen LogP contribution < -0.4 is 16.2 Å². The van der Waals surface area contributed by atoms with Crippen LogP contribution in [0.25, 0.3) is 11.1 Å². The summed E-state index contributed by atoms with van der Waals surface area (Å²) in [5.74, 6) is -0.950. The van der Waals surface area contributed by atoms with Crippen LogP contribution in [0.3, 0.4) is 0 Å². The van der Waals surface area contributed by atoms with Gasteiger partial charge in [0.1, 0.15) is 5.75 Å². The minimum absolute atomic E-state index is 0.269. The first-order valence-corrected chi connectivity index (χ1v) is 6.23. The SMILES string of the molecule is Cc1c(N)cc(-c2ccc(OC(F)(F)F)cc2)cc1C(N)=O. The number of anilines is 1. The van der Waals surface area contributed by atoms with Crippen LogP contribution in [0.2, 0.25) is 0 Å². The highest BCUT2D eigenvalue weighted by atomic mass is 19.4. The summed E-state index contributed by atoms with van der Waals surface area (Å²) < 4.78 is 40.1. The topological polar surface area (TPSA) is 78.3 Å². The molecule has 0 saturated heterocycles.